The zero-order valence-electron chi connectivity index (χ0n) is 13.4. The van der Waals surface area contributed by atoms with Gasteiger partial charge in [0.15, 0.2) is 11.5 Å². The minimum atomic E-state index is -0.274. The van der Waals surface area contributed by atoms with E-state index in [1.165, 1.54) is 0 Å². The van der Waals surface area contributed by atoms with Crippen LogP contribution in [-0.2, 0) is 16.1 Å². The Kier molecular flexibility index (Phi) is 6.03. The van der Waals surface area contributed by atoms with Crippen molar-refractivity contribution in [2.24, 2.45) is 0 Å². The number of esters is 1. The van der Waals surface area contributed by atoms with Crippen molar-refractivity contribution in [3.8, 4) is 11.5 Å². The highest BCUT2D eigenvalue weighted by Gasteiger charge is 2.30. The van der Waals surface area contributed by atoms with Crippen LogP contribution in [0.25, 0.3) is 0 Å². The molecule has 1 aromatic carbocycles. The number of para-hydroxylation sites is 1. The fraction of sp³-hybridized carbons (Fsp3) is 0.562. The molecule has 0 radical (unpaired) electrons. The molecule has 1 atom stereocenters. The first-order chi connectivity index (χ1) is 10.7. The first kappa shape index (κ1) is 16.6. The van der Waals surface area contributed by atoms with Crippen LogP contribution in [-0.4, -0.2) is 57.4 Å². The molecule has 1 saturated heterocycles. The summed E-state index contributed by atoms with van der Waals surface area (Å²) in [5.74, 6) is 1.23. The van der Waals surface area contributed by atoms with E-state index in [1.807, 2.05) is 25.1 Å². The van der Waals surface area contributed by atoms with Gasteiger partial charge in [-0.05, 0) is 13.0 Å². The van der Waals surface area contributed by atoms with Gasteiger partial charge in [-0.15, -0.1) is 0 Å². The zero-order chi connectivity index (χ0) is 15.9. The maximum absolute atomic E-state index is 12.1. The van der Waals surface area contributed by atoms with Gasteiger partial charge in [0.1, 0.15) is 6.04 Å². The number of piperazine rings is 1. The van der Waals surface area contributed by atoms with Crippen LogP contribution in [0.4, 0.5) is 0 Å². The molecule has 6 nitrogen and oxygen atoms in total. The van der Waals surface area contributed by atoms with Crippen LogP contribution < -0.4 is 14.8 Å². The van der Waals surface area contributed by atoms with Crippen LogP contribution in [0.2, 0.25) is 0 Å². The van der Waals surface area contributed by atoms with Crippen molar-refractivity contribution in [3.63, 3.8) is 0 Å². The second kappa shape index (κ2) is 8.00. The van der Waals surface area contributed by atoms with E-state index in [-0.39, 0.29) is 12.0 Å². The van der Waals surface area contributed by atoms with Crippen molar-refractivity contribution < 1.29 is 19.0 Å². The third kappa shape index (κ3) is 3.69. The lowest BCUT2D eigenvalue weighted by molar-refractivity contribution is -0.150. The summed E-state index contributed by atoms with van der Waals surface area (Å²) >= 11 is 0. The normalized spacial score (nSPS) is 18.8. The molecule has 1 aromatic rings. The van der Waals surface area contributed by atoms with E-state index < -0.39 is 0 Å². The SMILES string of the molecule is CCOC(=O)C1CNCCN1Cc1cccc(OC)c1OC. The van der Waals surface area contributed by atoms with Crippen molar-refractivity contribution in [2.45, 2.75) is 19.5 Å². The zero-order valence-corrected chi connectivity index (χ0v) is 13.4. The highest BCUT2D eigenvalue weighted by atomic mass is 16.5. The van der Waals surface area contributed by atoms with Crippen molar-refractivity contribution in [3.05, 3.63) is 23.8 Å². The molecule has 0 spiro atoms. The Morgan fingerprint density at radius 1 is 1.36 bits per heavy atom. The first-order valence-electron chi connectivity index (χ1n) is 7.52. The molecule has 2 rings (SSSR count). The largest absolute Gasteiger partial charge is 0.493 e. The number of ether oxygens (including phenoxy) is 3. The lowest BCUT2D eigenvalue weighted by atomic mass is 10.1. The van der Waals surface area contributed by atoms with Crippen molar-refractivity contribution in [1.82, 2.24) is 10.2 Å². The highest BCUT2D eigenvalue weighted by molar-refractivity contribution is 5.76. The molecule has 0 amide bonds. The molecule has 1 aliphatic heterocycles. The molecule has 1 unspecified atom stereocenters. The summed E-state index contributed by atoms with van der Waals surface area (Å²) in [4.78, 5) is 14.2. The molecule has 1 aliphatic rings. The Hall–Kier alpha value is -1.79. The fourth-order valence-electron chi connectivity index (χ4n) is 2.70. The van der Waals surface area contributed by atoms with E-state index in [4.69, 9.17) is 14.2 Å². The summed E-state index contributed by atoms with van der Waals surface area (Å²) < 4.78 is 16.0. The number of hydrogen-bond donors (Lipinski definition) is 1. The summed E-state index contributed by atoms with van der Waals surface area (Å²) in [5.41, 5.74) is 0.998. The topological polar surface area (TPSA) is 60.0 Å². The minimum Gasteiger partial charge on any atom is -0.493 e. The number of benzene rings is 1. The van der Waals surface area contributed by atoms with E-state index >= 15 is 0 Å². The number of hydrogen-bond acceptors (Lipinski definition) is 6. The Morgan fingerprint density at radius 2 is 2.18 bits per heavy atom. The number of nitrogens with zero attached hydrogens (tertiary/aromatic N) is 1. The summed E-state index contributed by atoms with van der Waals surface area (Å²) in [6.07, 6.45) is 0. The van der Waals surface area contributed by atoms with E-state index in [0.29, 0.717) is 31.2 Å². The molecule has 22 heavy (non-hydrogen) atoms. The lowest BCUT2D eigenvalue weighted by Gasteiger charge is -2.34. The van der Waals surface area contributed by atoms with Crippen LogP contribution in [0, 0.1) is 0 Å². The molecule has 122 valence electrons. The minimum absolute atomic E-state index is 0.184. The van der Waals surface area contributed by atoms with Gasteiger partial charge in [-0.2, -0.15) is 0 Å². The van der Waals surface area contributed by atoms with Crippen LogP contribution in [0.3, 0.4) is 0 Å². The van der Waals surface area contributed by atoms with Crippen molar-refractivity contribution in [2.75, 3.05) is 40.5 Å². The standard InChI is InChI=1S/C16H24N2O4/c1-4-22-16(19)13-10-17-8-9-18(13)11-12-6-5-7-14(20-2)15(12)21-3/h5-7,13,17H,4,8-11H2,1-3H3. The predicted octanol–water partition coefficient (Wildman–Crippen LogP) is 1.04. The predicted molar refractivity (Wildman–Crippen MR) is 83.2 cm³/mol. The summed E-state index contributed by atoms with van der Waals surface area (Å²) in [5, 5.41) is 3.24. The maximum atomic E-state index is 12.1. The van der Waals surface area contributed by atoms with Gasteiger partial charge in [-0.25, -0.2) is 0 Å². The monoisotopic (exact) mass is 308 g/mol. The average Bonchev–Trinajstić information content (AvgIpc) is 2.55. The summed E-state index contributed by atoms with van der Waals surface area (Å²) in [6.45, 7) is 5.07. The van der Waals surface area contributed by atoms with Crippen molar-refractivity contribution in [1.29, 1.82) is 0 Å². The van der Waals surface area contributed by atoms with E-state index in [0.717, 1.165) is 18.7 Å². The van der Waals surface area contributed by atoms with Gasteiger partial charge in [0.25, 0.3) is 0 Å². The van der Waals surface area contributed by atoms with Gasteiger partial charge in [0.2, 0.25) is 0 Å². The number of carbonyl (C=O) groups is 1. The van der Waals surface area contributed by atoms with Crippen LogP contribution in [0.1, 0.15) is 12.5 Å². The van der Waals surface area contributed by atoms with Gasteiger partial charge in [-0.3, -0.25) is 9.69 Å². The van der Waals surface area contributed by atoms with Gasteiger partial charge in [0.05, 0.1) is 20.8 Å². The van der Waals surface area contributed by atoms with Crippen LogP contribution in [0.5, 0.6) is 11.5 Å². The molecule has 0 bridgehead atoms. The smallest absolute Gasteiger partial charge is 0.324 e. The molecule has 1 N–H and O–H groups in total. The van der Waals surface area contributed by atoms with E-state index in [2.05, 4.69) is 10.2 Å². The van der Waals surface area contributed by atoms with E-state index in [9.17, 15) is 4.79 Å². The fourth-order valence-corrected chi connectivity index (χ4v) is 2.70. The van der Waals surface area contributed by atoms with Gasteiger partial charge in [-0.1, -0.05) is 12.1 Å². The molecular weight excluding hydrogens is 284 g/mol. The highest BCUT2D eigenvalue weighted by Crippen LogP contribution is 2.32. The van der Waals surface area contributed by atoms with Gasteiger partial charge in [0, 0.05) is 31.7 Å². The van der Waals surface area contributed by atoms with Crippen LogP contribution >= 0.6 is 0 Å². The first-order valence-corrected chi connectivity index (χ1v) is 7.52. The molecule has 1 heterocycles. The molecular formula is C16H24N2O4. The maximum Gasteiger partial charge on any atom is 0.324 e. The number of methoxy groups -OCH3 is 2. The quantitative estimate of drug-likeness (QED) is 0.793. The Morgan fingerprint density at radius 3 is 2.86 bits per heavy atom. The van der Waals surface area contributed by atoms with Crippen LogP contribution in [0.15, 0.2) is 18.2 Å². The Bertz CT molecular complexity index is 507. The lowest BCUT2D eigenvalue weighted by Crippen LogP contribution is -2.54. The molecule has 0 aromatic heterocycles. The second-order valence-electron chi connectivity index (χ2n) is 5.10. The third-order valence-corrected chi connectivity index (χ3v) is 3.77. The van der Waals surface area contributed by atoms with Crippen molar-refractivity contribution >= 4 is 5.97 Å². The van der Waals surface area contributed by atoms with Gasteiger partial charge < -0.3 is 19.5 Å². The third-order valence-electron chi connectivity index (χ3n) is 3.77. The van der Waals surface area contributed by atoms with E-state index in [1.54, 1.807) is 14.2 Å². The second-order valence-corrected chi connectivity index (χ2v) is 5.10. The average molecular weight is 308 g/mol. The molecule has 6 heteroatoms. The number of nitrogens with one attached hydrogen (secondary N) is 1. The molecule has 1 fully saturated rings. The summed E-state index contributed by atoms with van der Waals surface area (Å²) in [7, 11) is 3.25. The molecule has 0 saturated carbocycles. The number of rotatable bonds is 6. The van der Waals surface area contributed by atoms with Gasteiger partial charge >= 0.3 is 5.97 Å². The molecule has 0 aliphatic carbocycles. The Balaban J connectivity index is 2.18. The number of carbonyl (C=O) groups excluding carboxylic acids is 1. The summed E-state index contributed by atoms with van der Waals surface area (Å²) in [6, 6.07) is 5.51. The Labute approximate surface area is 131 Å².